The Labute approximate surface area is 91.4 Å². The zero-order valence-electron chi connectivity index (χ0n) is 7.77. The number of carbonyl (C=O) groups is 2. The third-order valence-electron chi connectivity index (χ3n) is 2.06. The maximum absolute atomic E-state index is 11.0. The molecule has 78 valence electrons. The van der Waals surface area contributed by atoms with Crippen molar-refractivity contribution in [3.05, 3.63) is 29.3 Å². The number of nitrogens with zero attached hydrogens (tertiary/aromatic N) is 1. The highest BCUT2D eigenvalue weighted by atomic mass is 35.5. The molecule has 15 heavy (non-hydrogen) atoms. The van der Waals surface area contributed by atoms with E-state index in [0.717, 1.165) is 0 Å². The quantitative estimate of drug-likeness (QED) is 0.533. The van der Waals surface area contributed by atoms with Crippen LogP contribution < -0.4 is 4.90 Å². The van der Waals surface area contributed by atoms with Crippen molar-refractivity contribution in [2.45, 2.75) is 0 Å². The molecular weight excluding hydrogens is 218 g/mol. The fourth-order valence-corrected chi connectivity index (χ4v) is 1.69. The Kier molecular flexibility index (Phi) is 2.60. The zero-order chi connectivity index (χ0) is 10.8. The van der Waals surface area contributed by atoms with Crippen LogP contribution in [0.3, 0.4) is 0 Å². The van der Waals surface area contributed by atoms with Gasteiger partial charge in [-0.2, -0.15) is 0 Å². The van der Waals surface area contributed by atoms with Crippen LogP contribution in [0.5, 0.6) is 0 Å². The highest BCUT2D eigenvalue weighted by molar-refractivity contribution is 6.33. The molecule has 4 nitrogen and oxygen atoms in total. The van der Waals surface area contributed by atoms with E-state index in [1.165, 1.54) is 0 Å². The summed E-state index contributed by atoms with van der Waals surface area (Å²) in [6.07, 6.45) is 0. The number of esters is 2. The van der Waals surface area contributed by atoms with E-state index in [-0.39, 0.29) is 13.1 Å². The molecular formula is C10H8ClNO3. The van der Waals surface area contributed by atoms with E-state index in [1.807, 2.05) is 0 Å². The first-order valence-electron chi connectivity index (χ1n) is 4.40. The van der Waals surface area contributed by atoms with Crippen molar-refractivity contribution < 1.29 is 14.3 Å². The number of anilines is 1. The Hall–Kier alpha value is -1.55. The number of cyclic esters (lactones) is 2. The lowest BCUT2D eigenvalue weighted by Gasteiger charge is -2.26. The lowest BCUT2D eigenvalue weighted by Crippen LogP contribution is -2.43. The molecule has 1 aliphatic heterocycles. The second-order valence-electron chi connectivity index (χ2n) is 3.15. The maximum atomic E-state index is 11.0. The van der Waals surface area contributed by atoms with Gasteiger partial charge in [0.2, 0.25) is 0 Å². The average Bonchev–Trinajstić information content (AvgIpc) is 2.16. The number of hydrogen-bond acceptors (Lipinski definition) is 4. The molecule has 5 heteroatoms. The summed E-state index contributed by atoms with van der Waals surface area (Å²) >= 11 is 5.95. The Morgan fingerprint density at radius 1 is 1.13 bits per heavy atom. The monoisotopic (exact) mass is 225 g/mol. The van der Waals surface area contributed by atoms with E-state index >= 15 is 0 Å². The number of carbonyl (C=O) groups excluding carboxylic acids is 2. The first kappa shape index (κ1) is 9.98. The van der Waals surface area contributed by atoms with Crippen molar-refractivity contribution in [2.75, 3.05) is 18.0 Å². The number of halogens is 1. The minimum absolute atomic E-state index is 0.0511. The van der Waals surface area contributed by atoms with Gasteiger partial charge in [-0.1, -0.05) is 23.7 Å². The summed E-state index contributed by atoms with van der Waals surface area (Å²) in [5.41, 5.74) is 0.671. The highest BCUT2D eigenvalue weighted by Crippen LogP contribution is 2.25. The Balaban J connectivity index is 2.27. The third-order valence-corrected chi connectivity index (χ3v) is 2.38. The fourth-order valence-electron chi connectivity index (χ4n) is 1.44. The number of benzene rings is 1. The largest absolute Gasteiger partial charge is 0.390 e. The Morgan fingerprint density at radius 2 is 1.73 bits per heavy atom. The number of ether oxygens (including phenoxy) is 1. The summed E-state index contributed by atoms with van der Waals surface area (Å²) in [6.45, 7) is 0.102. The molecule has 1 heterocycles. The lowest BCUT2D eigenvalue weighted by molar-refractivity contribution is -0.160. The normalized spacial score (nSPS) is 16.5. The average molecular weight is 226 g/mol. The number of para-hydroxylation sites is 1. The standard InChI is InChI=1S/C10H8ClNO3/c11-7-3-1-2-4-8(7)12-5-9(13)15-10(14)6-12/h1-4H,5-6H2. The van der Waals surface area contributed by atoms with Gasteiger partial charge in [0.1, 0.15) is 13.1 Å². The first-order chi connectivity index (χ1) is 7.16. The van der Waals surface area contributed by atoms with Crippen LogP contribution in [0.4, 0.5) is 5.69 Å². The summed E-state index contributed by atoms with van der Waals surface area (Å²) in [6, 6.07) is 7.05. The van der Waals surface area contributed by atoms with Gasteiger partial charge in [-0.05, 0) is 12.1 Å². The van der Waals surface area contributed by atoms with E-state index in [0.29, 0.717) is 10.7 Å². The van der Waals surface area contributed by atoms with Gasteiger partial charge in [-0.15, -0.1) is 0 Å². The number of rotatable bonds is 1. The van der Waals surface area contributed by atoms with E-state index in [2.05, 4.69) is 4.74 Å². The van der Waals surface area contributed by atoms with Crippen LogP contribution in [-0.2, 0) is 14.3 Å². The molecule has 1 aliphatic rings. The van der Waals surface area contributed by atoms with Crippen molar-refractivity contribution in [1.29, 1.82) is 0 Å². The molecule has 0 spiro atoms. The Morgan fingerprint density at radius 3 is 2.33 bits per heavy atom. The van der Waals surface area contributed by atoms with Crippen molar-refractivity contribution >= 4 is 29.2 Å². The minimum atomic E-state index is -0.550. The van der Waals surface area contributed by atoms with E-state index < -0.39 is 11.9 Å². The highest BCUT2D eigenvalue weighted by Gasteiger charge is 2.25. The van der Waals surface area contributed by atoms with Crippen LogP contribution in [0.2, 0.25) is 5.02 Å². The molecule has 0 unspecified atom stereocenters. The molecule has 0 bridgehead atoms. The molecule has 2 rings (SSSR count). The third kappa shape index (κ3) is 2.10. The van der Waals surface area contributed by atoms with Gasteiger partial charge in [0.15, 0.2) is 0 Å². The van der Waals surface area contributed by atoms with Gasteiger partial charge >= 0.3 is 11.9 Å². The molecule has 0 saturated carbocycles. The second-order valence-corrected chi connectivity index (χ2v) is 3.56. The predicted molar refractivity (Wildman–Crippen MR) is 54.8 cm³/mol. The smallest absolute Gasteiger partial charge is 0.333 e. The van der Waals surface area contributed by atoms with Crippen molar-refractivity contribution in [1.82, 2.24) is 0 Å². The maximum Gasteiger partial charge on any atom is 0.333 e. The fraction of sp³-hybridized carbons (Fsp3) is 0.200. The molecule has 0 radical (unpaired) electrons. The van der Waals surface area contributed by atoms with Gasteiger partial charge < -0.3 is 9.64 Å². The van der Waals surface area contributed by atoms with Crippen molar-refractivity contribution in [2.24, 2.45) is 0 Å². The molecule has 1 aromatic rings. The van der Waals surface area contributed by atoms with Crippen LogP contribution in [0, 0.1) is 0 Å². The number of morpholine rings is 1. The molecule has 1 aromatic carbocycles. The van der Waals surface area contributed by atoms with Gasteiger partial charge in [0, 0.05) is 0 Å². The van der Waals surface area contributed by atoms with Crippen LogP contribution in [0.25, 0.3) is 0 Å². The van der Waals surface area contributed by atoms with Crippen LogP contribution in [0.15, 0.2) is 24.3 Å². The summed E-state index contributed by atoms with van der Waals surface area (Å²) < 4.78 is 4.42. The van der Waals surface area contributed by atoms with Gasteiger partial charge in [0.05, 0.1) is 10.7 Å². The SMILES string of the molecule is O=C1CN(c2ccccc2Cl)CC(=O)O1. The summed E-state index contributed by atoms with van der Waals surface area (Å²) in [7, 11) is 0. The van der Waals surface area contributed by atoms with Crippen LogP contribution in [-0.4, -0.2) is 25.0 Å². The van der Waals surface area contributed by atoms with Crippen LogP contribution in [0.1, 0.15) is 0 Å². The van der Waals surface area contributed by atoms with Crippen molar-refractivity contribution in [3.8, 4) is 0 Å². The molecule has 0 N–H and O–H groups in total. The second kappa shape index (κ2) is 3.90. The van der Waals surface area contributed by atoms with Gasteiger partial charge in [0.25, 0.3) is 0 Å². The zero-order valence-corrected chi connectivity index (χ0v) is 8.53. The molecule has 0 aromatic heterocycles. The summed E-state index contributed by atoms with van der Waals surface area (Å²) in [5.74, 6) is -1.10. The molecule has 1 saturated heterocycles. The molecule has 0 amide bonds. The summed E-state index contributed by atoms with van der Waals surface area (Å²) in [4.78, 5) is 23.7. The van der Waals surface area contributed by atoms with E-state index in [9.17, 15) is 9.59 Å². The van der Waals surface area contributed by atoms with E-state index in [4.69, 9.17) is 11.6 Å². The van der Waals surface area contributed by atoms with E-state index in [1.54, 1.807) is 29.2 Å². The minimum Gasteiger partial charge on any atom is -0.390 e. The van der Waals surface area contributed by atoms with Crippen LogP contribution >= 0.6 is 11.6 Å². The first-order valence-corrected chi connectivity index (χ1v) is 4.77. The lowest BCUT2D eigenvalue weighted by atomic mass is 10.2. The number of hydrogen-bond donors (Lipinski definition) is 0. The Bertz CT molecular complexity index is 403. The van der Waals surface area contributed by atoms with Gasteiger partial charge in [-0.25, -0.2) is 9.59 Å². The predicted octanol–water partition coefficient (Wildman–Crippen LogP) is 1.23. The molecule has 0 atom stereocenters. The van der Waals surface area contributed by atoms with Crippen molar-refractivity contribution in [3.63, 3.8) is 0 Å². The molecule has 0 aliphatic carbocycles. The summed E-state index contributed by atoms with van der Waals surface area (Å²) in [5, 5.41) is 0.514. The van der Waals surface area contributed by atoms with Gasteiger partial charge in [-0.3, -0.25) is 0 Å². The topological polar surface area (TPSA) is 46.6 Å². The molecule has 1 fully saturated rings.